The van der Waals surface area contributed by atoms with E-state index in [-0.39, 0.29) is 5.75 Å². The van der Waals surface area contributed by atoms with Crippen molar-refractivity contribution in [1.82, 2.24) is 0 Å². The van der Waals surface area contributed by atoms with Crippen LogP contribution in [0.1, 0.15) is 5.56 Å². The lowest BCUT2D eigenvalue weighted by Crippen LogP contribution is -2.35. The minimum atomic E-state index is -1.71. The molecule has 0 saturated heterocycles. The van der Waals surface area contributed by atoms with E-state index in [1.54, 1.807) is 13.2 Å². The largest absolute Gasteiger partial charge is 0.504 e. The van der Waals surface area contributed by atoms with Crippen molar-refractivity contribution in [2.24, 2.45) is 0 Å². The van der Waals surface area contributed by atoms with Gasteiger partial charge < -0.3 is 14.0 Å². The molecule has 0 amide bonds. The fourth-order valence-corrected chi connectivity index (χ4v) is 5.16. The van der Waals surface area contributed by atoms with E-state index in [2.05, 4.69) is 19.7 Å². The van der Waals surface area contributed by atoms with Gasteiger partial charge in [0.2, 0.25) is 9.76 Å². The van der Waals surface area contributed by atoms with Gasteiger partial charge in [0.05, 0.1) is 7.11 Å². The number of phenolic OH excluding ortho intramolecular Hbond substituents is 1. The maximum atomic E-state index is 9.55. The molecule has 0 aliphatic rings. The van der Waals surface area contributed by atoms with Crippen LogP contribution < -0.4 is 4.74 Å². The van der Waals surface area contributed by atoms with Gasteiger partial charge in [0.1, 0.15) is 0 Å². The van der Waals surface area contributed by atoms with Crippen molar-refractivity contribution in [3.63, 3.8) is 0 Å². The molecule has 0 spiro atoms. The first kappa shape index (κ1) is 15.0. The van der Waals surface area contributed by atoms with Gasteiger partial charge in [-0.15, -0.1) is 6.58 Å². The van der Waals surface area contributed by atoms with Gasteiger partial charge in [-0.1, -0.05) is 12.1 Å². The lowest BCUT2D eigenvalue weighted by molar-refractivity contribution is 0.373. The SMILES string of the molecule is C=CC[Si]O[Si](C)(C)Cc1ccc(O)c(OC)c1. The summed E-state index contributed by atoms with van der Waals surface area (Å²) in [6.45, 7) is 8.09. The predicted molar refractivity (Wildman–Crippen MR) is 77.7 cm³/mol. The molecule has 0 saturated carbocycles. The van der Waals surface area contributed by atoms with Gasteiger partial charge in [-0.05, 0) is 42.9 Å². The van der Waals surface area contributed by atoms with Crippen LogP contribution in [0.25, 0.3) is 0 Å². The van der Waals surface area contributed by atoms with Gasteiger partial charge >= 0.3 is 0 Å². The zero-order valence-corrected chi connectivity index (χ0v) is 13.2. The van der Waals surface area contributed by atoms with Gasteiger partial charge in [0, 0.05) is 0 Å². The average molecular weight is 280 g/mol. The first-order valence-corrected chi connectivity index (χ1v) is 10.1. The first-order chi connectivity index (χ1) is 8.48. The zero-order valence-electron chi connectivity index (χ0n) is 11.2. The monoisotopic (exact) mass is 280 g/mol. The van der Waals surface area contributed by atoms with Crippen LogP contribution in [0.15, 0.2) is 30.9 Å². The first-order valence-electron chi connectivity index (χ1n) is 5.86. The molecule has 0 fully saturated rings. The van der Waals surface area contributed by atoms with E-state index in [1.165, 1.54) is 0 Å². The van der Waals surface area contributed by atoms with Crippen LogP contribution in [0, 0.1) is 0 Å². The lowest BCUT2D eigenvalue weighted by atomic mass is 10.2. The number of methoxy groups -OCH3 is 1. The minimum Gasteiger partial charge on any atom is -0.504 e. The number of hydrogen-bond donors (Lipinski definition) is 1. The minimum absolute atomic E-state index is 0.176. The molecule has 1 aromatic rings. The standard InChI is InChI=1S/C13H20O3Si2/c1-5-8-17-16-18(3,4)10-11-6-7-12(14)13(9-11)15-2/h5-7,9,14H,1,8,10H2,2-4H3. The Morgan fingerprint density at radius 2 is 2.17 bits per heavy atom. The highest BCUT2D eigenvalue weighted by Crippen LogP contribution is 2.27. The third-order valence-electron chi connectivity index (χ3n) is 2.45. The molecule has 5 heteroatoms. The number of allylic oxidation sites excluding steroid dienone is 1. The van der Waals surface area contributed by atoms with Gasteiger partial charge in [-0.2, -0.15) is 0 Å². The maximum Gasteiger partial charge on any atom is 0.219 e. The van der Waals surface area contributed by atoms with Crippen LogP contribution in [0.5, 0.6) is 11.5 Å². The van der Waals surface area contributed by atoms with E-state index in [0.29, 0.717) is 15.5 Å². The second kappa shape index (κ2) is 6.77. The van der Waals surface area contributed by atoms with Crippen molar-refractivity contribution in [3.8, 4) is 11.5 Å². The number of phenols is 1. The van der Waals surface area contributed by atoms with Crippen LogP contribution in [0.2, 0.25) is 19.1 Å². The van der Waals surface area contributed by atoms with E-state index < -0.39 is 8.32 Å². The fraction of sp³-hybridized carbons (Fsp3) is 0.385. The van der Waals surface area contributed by atoms with Crippen molar-refractivity contribution in [3.05, 3.63) is 36.4 Å². The number of benzene rings is 1. The number of ether oxygens (including phenoxy) is 1. The van der Waals surface area contributed by atoms with Gasteiger partial charge in [-0.3, -0.25) is 0 Å². The van der Waals surface area contributed by atoms with E-state index in [1.807, 2.05) is 18.2 Å². The molecular formula is C13H20O3Si2. The Balaban J connectivity index is 2.67. The summed E-state index contributed by atoms with van der Waals surface area (Å²) in [5.41, 5.74) is 1.14. The van der Waals surface area contributed by atoms with Crippen molar-refractivity contribution < 1.29 is 14.0 Å². The van der Waals surface area contributed by atoms with Gasteiger partial charge in [0.15, 0.2) is 19.8 Å². The Morgan fingerprint density at radius 1 is 1.44 bits per heavy atom. The Labute approximate surface area is 113 Å². The Bertz CT molecular complexity index is 405. The summed E-state index contributed by atoms with van der Waals surface area (Å²) in [4.78, 5) is 0. The molecule has 1 rings (SSSR count). The predicted octanol–water partition coefficient (Wildman–Crippen LogP) is 2.93. The van der Waals surface area contributed by atoms with Gasteiger partial charge in [-0.25, -0.2) is 0 Å². The molecule has 18 heavy (non-hydrogen) atoms. The van der Waals surface area contributed by atoms with Crippen LogP contribution in [-0.4, -0.2) is 30.3 Å². The summed E-state index contributed by atoms with van der Waals surface area (Å²) in [6.07, 6.45) is 1.88. The third kappa shape index (κ3) is 4.68. The molecule has 0 aliphatic heterocycles. The normalized spacial score (nSPS) is 11.3. The van der Waals surface area contributed by atoms with Crippen molar-refractivity contribution in [2.45, 2.75) is 25.2 Å². The Kier molecular flexibility index (Phi) is 5.65. The smallest absolute Gasteiger partial charge is 0.219 e. The van der Waals surface area contributed by atoms with Crippen molar-refractivity contribution >= 4 is 18.1 Å². The van der Waals surface area contributed by atoms with Crippen LogP contribution in [0.4, 0.5) is 0 Å². The quantitative estimate of drug-likeness (QED) is 0.474. The molecule has 0 heterocycles. The number of aromatic hydroxyl groups is 1. The molecule has 0 unspecified atom stereocenters. The highest BCUT2D eigenvalue weighted by Gasteiger charge is 2.23. The lowest BCUT2D eigenvalue weighted by Gasteiger charge is -2.23. The molecule has 0 aromatic heterocycles. The molecule has 3 nitrogen and oxygen atoms in total. The topological polar surface area (TPSA) is 38.7 Å². The molecular weight excluding hydrogens is 260 g/mol. The molecule has 2 radical (unpaired) electrons. The summed E-state index contributed by atoms with van der Waals surface area (Å²) in [6, 6.07) is 7.30. The highest BCUT2D eigenvalue weighted by molar-refractivity contribution is 6.74. The van der Waals surface area contributed by atoms with E-state index in [0.717, 1.165) is 17.7 Å². The third-order valence-corrected chi connectivity index (χ3v) is 6.95. The molecule has 1 N–H and O–H groups in total. The number of rotatable bonds is 7. The van der Waals surface area contributed by atoms with Gasteiger partial charge in [0.25, 0.3) is 0 Å². The molecule has 98 valence electrons. The van der Waals surface area contributed by atoms with E-state index in [9.17, 15) is 5.11 Å². The second-order valence-corrected chi connectivity index (χ2v) is 10.1. The molecule has 0 aliphatic carbocycles. The number of hydrogen-bond acceptors (Lipinski definition) is 3. The Hall–Kier alpha value is -1.05. The van der Waals surface area contributed by atoms with E-state index >= 15 is 0 Å². The highest BCUT2D eigenvalue weighted by atomic mass is 28.4. The summed E-state index contributed by atoms with van der Waals surface area (Å²) < 4.78 is 11.1. The Morgan fingerprint density at radius 3 is 2.78 bits per heavy atom. The molecule has 1 aromatic carbocycles. The fourth-order valence-electron chi connectivity index (χ4n) is 1.66. The van der Waals surface area contributed by atoms with Crippen LogP contribution >= 0.6 is 0 Å². The zero-order chi connectivity index (χ0) is 13.6. The summed E-state index contributed by atoms with van der Waals surface area (Å²) in [5.74, 6) is 0.695. The summed E-state index contributed by atoms with van der Waals surface area (Å²) in [5, 5.41) is 9.55. The molecule has 0 atom stereocenters. The second-order valence-electron chi connectivity index (χ2n) is 4.68. The average Bonchev–Trinajstić information content (AvgIpc) is 2.31. The van der Waals surface area contributed by atoms with Crippen LogP contribution in [0.3, 0.4) is 0 Å². The molecule has 0 bridgehead atoms. The maximum absolute atomic E-state index is 9.55. The summed E-state index contributed by atoms with van der Waals surface area (Å²) in [7, 11) is 0.345. The van der Waals surface area contributed by atoms with E-state index in [4.69, 9.17) is 8.85 Å². The van der Waals surface area contributed by atoms with Crippen molar-refractivity contribution in [1.29, 1.82) is 0 Å². The van der Waals surface area contributed by atoms with Crippen molar-refractivity contribution in [2.75, 3.05) is 7.11 Å². The van der Waals surface area contributed by atoms with Crippen LogP contribution in [-0.2, 0) is 10.2 Å². The summed E-state index contributed by atoms with van der Waals surface area (Å²) >= 11 is 0.